The molecule has 2 rings (SSSR count). The second-order valence-corrected chi connectivity index (χ2v) is 7.72. The lowest BCUT2D eigenvalue weighted by molar-refractivity contribution is -0.131. The first-order valence-electron chi connectivity index (χ1n) is 6.67. The molecule has 1 aliphatic carbocycles. The second-order valence-electron chi connectivity index (χ2n) is 5.89. The third-order valence-electron chi connectivity index (χ3n) is 4.44. The van der Waals surface area contributed by atoms with Gasteiger partial charge in [0.2, 0.25) is 15.9 Å². The highest BCUT2D eigenvalue weighted by atomic mass is 32.2. The van der Waals surface area contributed by atoms with Gasteiger partial charge in [0, 0.05) is 12.5 Å². The highest BCUT2D eigenvalue weighted by Gasteiger charge is 2.50. The van der Waals surface area contributed by atoms with Crippen molar-refractivity contribution in [1.29, 1.82) is 0 Å². The molecule has 0 spiro atoms. The van der Waals surface area contributed by atoms with Crippen molar-refractivity contribution in [2.75, 3.05) is 25.9 Å². The second kappa shape index (κ2) is 5.03. The third-order valence-corrected chi connectivity index (χ3v) is 5.11. The summed E-state index contributed by atoms with van der Waals surface area (Å²) in [7, 11) is -3.36. The molecule has 1 saturated heterocycles. The first kappa shape index (κ1) is 14.7. The minimum Gasteiger partial charge on any atom is -0.387 e. The van der Waals surface area contributed by atoms with Crippen LogP contribution < -0.4 is 4.72 Å². The SMILES string of the molecule is C[C@@H]1CN(C(=O)CNS(C)(=O)=O)C[C@@]1(O)C1CCC1. The van der Waals surface area contributed by atoms with Crippen LogP contribution in [0, 0.1) is 11.8 Å². The largest absolute Gasteiger partial charge is 0.387 e. The zero-order valence-electron chi connectivity index (χ0n) is 11.4. The van der Waals surface area contributed by atoms with E-state index in [1.54, 1.807) is 4.90 Å². The van der Waals surface area contributed by atoms with Crippen molar-refractivity contribution in [3.8, 4) is 0 Å². The standard InChI is InChI=1S/C12H22N2O4S/c1-9-7-14(11(15)6-13-19(2,17)18)8-12(9,16)10-4-3-5-10/h9-10,13,16H,3-8H2,1-2H3/t9-,12+/m1/s1. The van der Waals surface area contributed by atoms with Gasteiger partial charge in [0.15, 0.2) is 0 Å². The van der Waals surface area contributed by atoms with Crippen LogP contribution in [0.4, 0.5) is 0 Å². The summed E-state index contributed by atoms with van der Waals surface area (Å²) in [5.41, 5.74) is -0.793. The van der Waals surface area contributed by atoms with Crippen LogP contribution in [0.3, 0.4) is 0 Å². The molecule has 110 valence electrons. The quantitative estimate of drug-likeness (QED) is 0.734. The predicted molar refractivity (Wildman–Crippen MR) is 70.9 cm³/mol. The molecule has 0 unspecified atom stereocenters. The minimum atomic E-state index is -3.36. The van der Waals surface area contributed by atoms with E-state index in [1.165, 1.54) is 0 Å². The maximum atomic E-state index is 11.9. The summed E-state index contributed by atoms with van der Waals surface area (Å²) in [6.07, 6.45) is 4.20. The highest BCUT2D eigenvalue weighted by Crippen LogP contribution is 2.43. The lowest BCUT2D eigenvalue weighted by Gasteiger charge is -2.41. The average molecular weight is 290 g/mol. The molecule has 19 heavy (non-hydrogen) atoms. The Morgan fingerprint density at radius 1 is 1.47 bits per heavy atom. The van der Waals surface area contributed by atoms with E-state index in [-0.39, 0.29) is 24.3 Å². The first-order chi connectivity index (χ1) is 8.72. The lowest BCUT2D eigenvalue weighted by Crippen LogP contribution is -2.48. The van der Waals surface area contributed by atoms with Crippen LogP contribution >= 0.6 is 0 Å². The normalized spacial score (nSPS) is 32.4. The molecule has 7 heteroatoms. The summed E-state index contributed by atoms with van der Waals surface area (Å²) in [5, 5.41) is 10.7. The molecule has 0 aromatic heterocycles. The summed E-state index contributed by atoms with van der Waals surface area (Å²) in [5.74, 6) is 0.0516. The van der Waals surface area contributed by atoms with Crippen molar-refractivity contribution >= 4 is 15.9 Å². The van der Waals surface area contributed by atoms with Crippen molar-refractivity contribution in [3.05, 3.63) is 0 Å². The number of carbonyl (C=O) groups excluding carboxylic acids is 1. The minimum absolute atomic E-state index is 0.0417. The topological polar surface area (TPSA) is 86.7 Å². The Morgan fingerprint density at radius 3 is 2.58 bits per heavy atom. The average Bonchev–Trinajstić information content (AvgIpc) is 2.48. The van der Waals surface area contributed by atoms with Crippen LogP contribution in [-0.2, 0) is 14.8 Å². The number of hydrogen-bond acceptors (Lipinski definition) is 4. The van der Waals surface area contributed by atoms with Gasteiger partial charge in [0.25, 0.3) is 0 Å². The molecule has 1 amide bonds. The molecule has 2 aliphatic rings. The van der Waals surface area contributed by atoms with Crippen molar-refractivity contribution in [3.63, 3.8) is 0 Å². The molecule has 0 bridgehead atoms. The van der Waals surface area contributed by atoms with Gasteiger partial charge in [-0.3, -0.25) is 4.79 Å². The predicted octanol–water partition coefficient (Wildman–Crippen LogP) is -0.455. The van der Waals surface area contributed by atoms with Gasteiger partial charge in [-0.1, -0.05) is 13.3 Å². The molecule has 0 aromatic carbocycles. The molecule has 2 atom stereocenters. The molecular weight excluding hydrogens is 268 g/mol. The van der Waals surface area contributed by atoms with Gasteiger partial charge in [-0.25, -0.2) is 13.1 Å². The summed E-state index contributed by atoms with van der Waals surface area (Å²) in [6, 6.07) is 0. The van der Waals surface area contributed by atoms with E-state index in [0.29, 0.717) is 13.1 Å². The molecule has 0 radical (unpaired) electrons. The Balaban J connectivity index is 1.94. The van der Waals surface area contributed by atoms with Crippen LogP contribution in [0.1, 0.15) is 26.2 Å². The number of likely N-dealkylation sites (tertiary alicyclic amines) is 1. The highest BCUT2D eigenvalue weighted by molar-refractivity contribution is 7.88. The number of amides is 1. The number of hydrogen-bond donors (Lipinski definition) is 2. The van der Waals surface area contributed by atoms with Gasteiger partial charge in [-0.15, -0.1) is 0 Å². The zero-order chi connectivity index (χ0) is 14.3. The van der Waals surface area contributed by atoms with Crippen molar-refractivity contribution in [1.82, 2.24) is 9.62 Å². The number of carbonyl (C=O) groups is 1. The van der Waals surface area contributed by atoms with Gasteiger partial charge in [0.05, 0.1) is 24.9 Å². The van der Waals surface area contributed by atoms with Gasteiger partial charge in [-0.2, -0.15) is 0 Å². The van der Waals surface area contributed by atoms with Crippen molar-refractivity contribution < 1.29 is 18.3 Å². The summed E-state index contributed by atoms with van der Waals surface area (Å²) in [4.78, 5) is 13.5. The fraction of sp³-hybridized carbons (Fsp3) is 0.917. The van der Waals surface area contributed by atoms with E-state index in [9.17, 15) is 18.3 Å². The molecular formula is C12H22N2O4S. The molecule has 1 heterocycles. The van der Waals surface area contributed by atoms with E-state index >= 15 is 0 Å². The van der Waals surface area contributed by atoms with Crippen LogP contribution in [0.2, 0.25) is 0 Å². The fourth-order valence-electron chi connectivity index (χ4n) is 2.95. The monoisotopic (exact) mass is 290 g/mol. The van der Waals surface area contributed by atoms with E-state index in [0.717, 1.165) is 25.5 Å². The molecule has 0 aromatic rings. The van der Waals surface area contributed by atoms with Gasteiger partial charge in [-0.05, 0) is 18.8 Å². The Bertz CT molecular complexity index is 460. The van der Waals surface area contributed by atoms with Crippen molar-refractivity contribution in [2.24, 2.45) is 11.8 Å². The van der Waals surface area contributed by atoms with Crippen molar-refractivity contribution in [2.45, 2.75) is 31.8 Å². The molecule has 6 nitrogen and oxygen atoms in total. The van der Waals surface area contributed by atoms with E-state index in [4.69, 9.17) is 0 Å². The summed E-state index contributed by atoms with van der Waals surface area (Å²) >= 11 is 0. The Hall–Kier alpha value is -0.660. The number of rotatable bonds is 4. The number of aliphatic hydroxyl groups is 1. The first-order valence-corrected chi connectivity index (χ1v) is 8.56. The van der Waals surface area contributed by atoms with Gasteiger partial charge < -0.3 is 10.0 Å². The van der Waals surface area contributed by atoms with E-state index in [2.05, 4.69) is 4.72 Å². The molecule has 2 fully saturated rings. The van der Waals surface area contributed by atoms with E-state index < -0.39 is 15.6 Å². The van der Waals surface area contributed by atoms with Gasteiger partial charge >= 0.3 is 0 Å². The maximum absolute atomic E-state index is 11.9. The lowest BCUT2D eigenvalue weighted by atomic mass is 9.69. The summed E-state index contributed by atoms with van der Waals surface area (Å²) in [6.45, 7) is 2.54. The molecule has 2 N–H and O–H groups in total. The number of nitrogens with one attached hydrogen (secondary N) is 1. The van der Waals surface area contributed by atoms with Crippen LogP contribution in [0.25, 0.3) is 0 Å². The van der Waals surface area contributed by atoms with Crippen LogP contribution in [0.15, 0.2) is 0 Å². The third kappa shape index (κ3) is 3.09. The Labute approximate surface area is 114 Å². The fourth-order valence-corrected chi connectivity index (χ4v) is 3.33. The summed E-state index contributed by atoms with van der Waals surface area (Å²) < 4.78 is 24.1. The Morgan fingerprint density at radius 2 is 2.11 bits per heavy atom. The van der Waals surface area contributed by atoms with Gasteiger partial charge in [0.1, 0.15) is 0 Å². The smallest absolute Gasteiger partial charge is 0.237 e. The number of sulfonamides is 1. The van der Waals surface area contributed by atoms with Crippen LogP contribution in [-0.4, -0.2) is 55.8 Å². The molecule has 1 aliphatic heterocycles. The maximum Gasteiger partial charge on any atom is 0.237 e. The van der Waals surface area contributed by atoms with E-state index in [1.807, 2.05) is 6.92 Å². The van der Waals surface area contributed by atoms with Crippen LogP contribution in [0.5, 0.6) is 0 Å². The number of β-amino-alcohol motifs (C(OH)–C–C–N with tert-alkyl or cyclic N) is 1. The number of nitrogens with zero attached hydrogens (tertiary/aromatic N) is 1. The zero-order valence-corrected chi connectivity index (χ0v) is 12.2. The Kier molecular flexibility index (Phi) is 3.90. The molecule has 1 saturated carbocycles.